The Hall–Kier alpha value is -0.580. The number of hydrogen-bond donors (Lipinski definition) is 2. The molecular formula is C15H24BrNO2. The van der Waals surface area contributed by atoms with E-state index in [-0.39, 0.29) is 12.0 Å². The van der Waals surface area contributed by atoms with E-state index in [1.807, 2.05) is 6.07 Å². The zero-order chi connectivity index (χ0) is 14.3. The molecule has 0 unspecified atom stereocenters. The molecule has 0 radical (unpaired) electrons. The molecule has 0 aliphatic carbocycles. The number of methoxy groups -OCH3 is 1. The topological polar surface area (TPSA) is 41.5 Å². The van der Waals surface area contributed by atoms with E-state index in [1.54, 1.807) is 7.11 Å². The number of hydrogen-bond acceptors (Lipinski definition) is 3. The van der Waals surface area contributed by atoms with Gasteiger partial charge in [0, 0.05) is 18.6 Å². The zero-order valence-electron chi connectivity index (χ0n) is 12.0. The van der Waals surface area contributed by atoms with Gasteiger partial charge in [0.05, 0.1) is 11.6 Å². The maximum atomic E-state index is 8.74. The van der Waals surface area contributed by atoms with Crippen LogP contribution in [0.25, 0.3) is 0 Å². The standard InChI is InChI=1S/C15H24BrNO2/c1-15(2,11-17-8-4-5-9-18)12-6-7-14(19-3)13(16)10-12/h6-7,10,17-18H,4-5,8-9,11H2,1-3H3. The van der Waals surface area contributed by atoms with Crippen LogP contribution in [0.1, 0.15) is 32.3 Å². The van der Waals surface area contributed by atoms with E-state index in [0.29, 0.717) is 0 Å². The second-order valence-electron chi connectivity index (χ2n) is 5.34. The van der Waals surface area contributed by atoms with Gasteiger partial charge in [-0.25, -0.2) is 0 Å². The third-order valence-electron chi connectivity index (χ3n) is 3.26. The predicted octanol–water partition coefficient (Wildman–Crippen LogP) is 3.10. The average Bonchev–Trinajstić information content (AvgIpc) is 2.38. The fraction of sp³-hybridized carbons (Fsp3) is 0.600. The predicted molar refractivity (Wildman–Crippen MR) is 82.9 cm³/mol. The Kier molecular flexibility index (Phi) is 6.83. The molecule has 2 N–H and O–H groups in total. The molecule has 0 bridgehead atoms. The SMILES string of the molecule is COc1ccc(C(C)(C)CNCCCCO)cc1Br. The van der Waals surface area contributed by atoms with Gasteiger partial charge in [-0.05, 0) is 53.0 Å². The number of ether oxygens (including phenoxy) is 1. The van der Waals surface area contributed by atoms with Crippen LogP contribution in [0.5, 0.6) is 5.75 Å². The quantitative estimate of drug-likeness (QED) is 0.720. The fourth-order valence-corrected chi connectivity index (χ4v) is 2.49. The van der Waals surface area contributed by atoms with Crippen LogP contribution in [-0.4, -0.2) is 31.9 Å². The summed E-state index contributed by atoms with van der Waals surface area (Å²) in [5, 5.41) is 12.2. The molecule has 3 nitrogen and oxygen atoms in total. The van der Waals surface area contributed by atoms with Gasteiger partial charge in [0.25, 0.3) is 0 Å². The maximum Gasteiger partial charge on any atom is 0.133 e. The average molecular weight is 330 g/mol. The van der Waals surface area contributed by atoms with Crippen molar-refractivity contribution in [3.63, 3.8) is 0 Å². The summed E-state index contributed by atoms with van der Waals surface area (Å²) in [7, 11) is 1.67. The summed E-state index contributed by atoms with van der Waals surface area (Å²) in [6.45, 7) is 6.58. The van der Waals surface area contributed by atoms with Crippen LogP contribution in [0, 0.1) is 0 Å². The van der Waals surface area contributed by atoms with Gasteiger partial charge in [0.2, 0.25) is 0 Å². The van der Waals surface area contributed by atoms with Gasteiger partial charge in [0.15, 0.2) is 0 Å². The smallest absolute Gasteiger partial charge is 0.133 e. The van der Waals surface area contributed by atoms with Crippen molar-refractivity contribution in [2.24, 2.45) is 0 Å². The minimum atomic E-state index is 0.0635. The fourth-order valence-electron chi connectivity index (χ4n) is 1.95. The van der Waals surface area contributed by atoms with E-state index in [9.17, 15) is 0 Å². The van der Waals surface area contributed by atoms with E-state index < -0.39 is 0 Å². The van der Waals surface area contributed by atoms with Gasteiger partial charge >= 0.3 is 0 Å². The Morgan fingerprint density at radius 3 is 2.63 bits per heavy atom. The molecule has 1 rings (SSSR count). The van der Waals surface area contributed by atoms with E-state index in [4.69, 9.17) is 9.84 Å². The van der Waals surface area contributed by atoms with Gasteiger partial charge in [-0.15, -0.1) is 0 Å². The first kappa shape index (κ1) is 16.5. The highest BCUT2D eigenvalue weighted by Crippen LogP contribution is 2.31. The number of aliphatic hydroxyl groups excluding tert-OH is 1. The molecule has 19 heavy (non-hydrogen) atoms. The van der Waals surface area contributed by atoms with Gasteiger partial charge < -0.3 is 15.2 Å². The molecule has 108 valence electrons. The van der Waals surface area contributed by atoms with E-state index >= 15 is 0 Å². The van der Waals surface area contributed by atoms with Crippen LogP contribution >= 0.6 is 15.9 Å². The van der Waals surface area contributed by atoms with Crippen LogP contribution < -0.4 is 10.1 Å². The molecule has 4 heteroatoms. The van der Waals surface area contributed by atoms with Crippen LogP contribution in [0.2, 0.25) is 0 Å². The van der Waals surface area contributed by atoms with Crippen LogP contribution in [0.4, 0.5) is 0 Å². The summed E-state index contributed by atoms with van der Waals surface area (Å²) >= 11 is 3.53. The molecule has 0 aliphatic heterocycles. The summed E-state index contributed by atoms with van der Waals surface area (Å²) in [6, 6.07) is 6.22. The Morgan fingerprint density at radius 1 is 1.32 bits per heavy atom. The van der Waals surface area contributed by atoms with Gasteiger partial charge in [-0.1, -0.05) is 19.9 Å². The lowest BCUT2D eigenvalue weighted by Crippen LogP contribution is -2.33. The highest BCUT2D eigenvalue weighted by molar-refractivity contribution is 9.10. The Balaban J connectivity index is 2.58. The van der Waals surface area contributed by atoms with Crippen molar-refractivity contribution in [3.05, 3.63) is 28.2 Å². The molecule has 0 fully saturated rings. The first-order chi connectivity index (χ1) is 9.01. The van der Waals surface area contributed by atoms with Crippen molar-refractivity contribution in [2.45, 2.75) is 32.1 Å². The first-order valence-corrected chi connectivity index (χ1v) is 7.46. The van der Waals surface area contributed by atoms with Crippen LogP contribution in [0.15, 0.2) is 22.7 Å². The summed E-state index contributed by atoms with van der Waals surface area (Å²) in [5.41, 5.74) is 1.34. The number of rotatable bonds is 8. The summed E-state index contributed by atoms with van der Waals surface area (Å²) in [4.78, 5) is 0. The summed E-state index contributed by atoms with van der Waals surface area (Å²) in [6.07, 6.45) is 1.88. The summed E-state index contributed by atoms with van der Waals surface area (Å²) in [5.74, 6) is 0.857. The van der Waals surface area contributed by atoms with E-state index in [2.05, 4.69) is 47.2 Å². The molecule has 1 aromatic rings. The lowest BCUT2D eigenvalue weighted by molar-refractivity contribution is 0.283. The number of benzene rings is 1. The largest absolute Gasteiger partial charge is 0.496 e. The Morgan fingerprint density at radius 2 is 2.05 bits per heavy atom. The third-order valence-corrected chi connectivity index (χ3v) is 3.88. The molecule has 0 spiro atoms. The van der Waals surface area contributed by atoms with Crippen molar-refractivity contribution in [3.8, 4) is 5.75 Å². The van der Waals surface area contributed by atoms with Crippen molar-refractivity contribution in [1.82, 2.24) is 5.32 Å². The molecule has 0 saturated carbocycles. The highest BCUT2D eigenvalue weighted by atomic mass is 79.9. The minimum absolute atomic E-state index is 0.0635. The highest BCUT2D eigenvalue weighted by Gasteiger charge is 2.21. The monoisotopic (exact) mass is 329 g/mol. The molecule has 0 saturated heterocycles. The molecular weight excluding hydrogens is 306 g/mol. The second-order valence-corrected chi connectivity index (χ2v) is 6.20. The normalized spacial score (nSPS) is 11.6. The number of aliphatic hydroxyl groups is 1. The summed E-state index contributed by atoms with van der Waals surface area (Å²) < 4.78 is 6.24. The van der Waals surface area contributed by atoms with E-state index in [0.717, 1.165) is 36.2 Å². The van der Waals surface area contributed by atoms with Gasteiger partial charge in [-0.2, -0.15) is 0 Å². The molecule has 0 atom stereocenters. The number of halogens is 1. The van der Waals surface area contributed by atoms with Gasteiger partial charge in [0.1, 0.15) is 5.75 Å². The van der Waals surface area contributed by atoms with Gasteiger partial charge in [-0.3, -0.25) is 0 Å². The van der Waals surface area contributed by atoms with Crippen molar-refractivity contribution >= 4 is 15.9 Å². The third kappa shape index (κ3) is 5.13. The zero-order valence-corrected chi connectivity index (χ0v) is 13.6. The molecule has 0 aliphatic rings. The number of unbranched alkanes of at least 4 members (excludes halogenated alkanes) is 1. The van der Waals surface area contributed by atoms with Crippen molar-refractivity contribution < 1.29 is 9.84 Å². The van der Waals surface area contributed by atoms with E-state index in [1.165, 1.54) is 5.56 Å². The maximum absolute atomic E-state index is 8.74. The Labute approximate surface area is 124 Å². The molecule has 0 aromatic heterocycles. The Bertz CT molecular complexity index is 394. The number of nitrogens with one attached hydrogen (secondary N) is 1. The first-order valence-electron chi connectivity index (χ1n) is 6.67. The van der Waals surface area contributed by atoms with Crippen molar-refractivity contribution in [1.29, 1.82) is 0 Å². The lowest BCUT2D eigenvalue weighted by Gasteiger charge is -2.26. The minimum Gasteiger partial charge on any atom is -0.496 e. The molecule has 1 aromatic carbocycles. The van der Waals surface area contributed by atoms with Crippen LogP contribution in [0.3, 0.4) is 0 Å². The second kappa shape index (κ2) is 7.88. The molecule has 0 heterocycles. The molecule has 0 amide bonds. The van der Waals surface area contributed by atoms with Crippen LogP contribution in [-0.2, 0) is 5.41 Å². The lowest BCUT2D eigenvalue weighted by atomic mass is 9.84. The van der Waals surface area contributed by atoms with Crippen molar-refractivity contribution in [2.75, 3.05) is 26.8 Å².